The lowest BCUT2D eigenvalue weighted by Crippen LogP contribution is -2.13. The molecule has 0 saturated carbocycles. The molecule has 0 aliphatic heterocycles. The Kier molecular flexibility index (Phi) is 7.45. The lowest BCUT2D eigenvalue weighted by Gasteiger charge is -2.04. The van der Waals surface area contributed by atoms with Gasteiger partial charge in [-0.2, -0.15) is 0 Å². The van der Waals surface area contributed by atoms with E-state index in [0.29, 0.717) is 6.61 Å². The van der Waals surface area contributed by atoms with Crippen molar-refractivity contribution >= 4 is 6.09 Å². The van der Waals surface area contributed by atoms with Crippen LogP contribution in [0.3, 0.4) is 0 Å². The maximum atomic E-state index is 10.2. The van der Waals surface area contributed by atoms with Crippen LogP contribution in [-0.2, 0) is 4.74 Å². The summed E-state index contributed by atoms with van der Waals surface area (Å²) in [5.74, 6) is 0.793. The van der Waals surface area contributed by atoms with E-state index < -0.39 is 6.09 Å². The van der Waals surface area contributed by atoms with E-state index in [1.807, 2.05) is 0 Å². The second kappa shape index (κ2) is 7.90. The molecule has 0 rings (SSSR count). The highest BCUT2D eigenvalue weighted by Gasteiger charge is 1.95. The number of unbranched alkanes of at least 4 members (excludes halogenated alkanes) is 3. The minimum Gasteiger partial charge on any atom is -0.450 e. The van der Waals surface area contributed by atoms with Crippen LogP contribution in [0.4, 0.5) is 4.79 Å². The van der Waals surface area contributed by atoms with Gasteiger partial charge in [-0.25, -0.2) is 4.79 Å². The van der Waals surface area contributed by atoms with Crippen molar-refractivity contribution in [2.75, 3.05) is 6.61 Å². The highest BCUT2D eigenvalue weighted by molar-refractivity contribution is 5.64. The first-order chi connectivity index (χ1) is 6.13. The fourth-order valence-electron chi connectivity index (χ4n) is 1.18. The smallest absolute Gasteiger partial charge is 0.404 e. The van der Waals surface area contributed by atoms with Gasteiger partial charge >= 0.3 is 6.09 Å². The summed E-state index contributed by atoms with van der Waals surface area (Å²) in [5, 5.41) is 0. The summed E-state index contributed by atoms with van der Waals surface area (Å²) in [6.07, 6.45) is 5.17. The van der Waals surface area contributed by atoms with Crippen molar-refractivity contribution < 1.29 is 9.53 Å². The Morgan fingerprint density at radius 2 is 1.85 bits per heavy atom. The molecule has 2 N–H and O–H groups in total. The third-order valence-electron chi connectivity index (χ3n) is 1.92. The molecule has 0 aliphatic carbocycles. The number of rotatable bonds is 7. The molecule has 0 bridgehead atoms. The largest absolute Gasteiger partial charge is 0.450 e. The predicted octanol–water partition coefficient (Wildman–Crippen LogP) is 2.69. The van der Waals surface area contributed by atoms with Gasteiger partial charge in [0, 0.05) is 0 Å². The lowest BCUT2D eigenvalue weighted by atomic mass is 10.0. The first-order valence-electron chi connectivity index (χ1n) is 5.05. The first-order valence-corrected chi connectivity index (χ1v) is 5.05. The Hall–Kier alpha value is -0.730. The Balaban J connectivity index is 2.96. The number of primary amides is 1. The van der Waals surface area contributed by atoms with Crippen LogP contribution in [0.25, 0.3) is 0 Å². The standard InChI is InChI=1S/C10H21NO2/c1-9(2)7-5-3-4-6-8-13-10(11)12/h9H,3-8H2,1-2H3,(H2,11,12). The van der Waals surface area contributed by atoms with Crippen molar-refractivity contribution in [3.8, 4) is 0 Å². The van der Waals surface area contributed by atoms with E-state index in [1.54, 1.807) is 0 Å². The van der Waals surface area contributed by atoms with Gasteiger partial charge in [0.15, 0.2) is 0 Å². The fourth-order valence-corrected chi connectivity index (χ4v) is 1.18. The highest BCUT2D eigenvalue weighted by atomic mass is 16.5. The van der Waals surface area contributed by atoms with Gasteiger partial charge in [-0.3, -0.25) is 0 Å². The van der Waals surface area contributed by atoms with Gasteiger partial charge in [-0.15, -0.1) is 0 Å². The molecular weight excluding hydrogens is 166 g/mol. The van der Waals surface area contributed by atoms with Crippen molar-refractivity contribution in [1.29, 1.82) is 0 Å². The quantitative estimate of drug-likeness (QED) is 0.623. The van der Waals surface area contributed by atoms with Crippen LogP contribution in [0.2, 0.25) is 0 Å². The Morgan fingerprint density at radius 3 is 2.38 bits per heavy atom. The Labute approximate surface area is 80.6 Å². The minimum atomic E-state index is -0.665. The molecule has 1 amide bonds. The van der Waals surface area contributed by atoms with E-state index in [0.717, 1.165) is 18.8 Å². The maximum Gasteiger partial charge on any atom is 0.404 e. The maximum absolute atomic E-state index is 10.2. The summed E-state index contributed by atoms with van der Waals surface area (Å²) in [6, 6.07) is 0. The predicted molar refractivity (Wildman–Crippen MR) is 53.5 cm³/mol. The Morgan fingerprint density at radius 1 is 1.23 bits per heavy atom. The van der Waals surface area contributed by atoms with Crippen molar-refractivity contribution in [3.63, 3.8) is 0 Å². The molecule has 0 radical (unpaired) electrons. The monoisotopic (exact) mass is 187 g/mol. The summed E-state index contributed by atoms with van der Waals surface area (Å²) < 4.78 is 4.61. The second-order valence-corrected chi connectivity index (χ2v) is 3.76. The number of carbonyl (C=O) groups excluding carboxylic acids is 1. The third kappa shape index (κ3) is 11.3. The van der Waals surface area contributed by atoms with Crippen molar-refractivity contribution in [1.82, 2.24) is 0 Å². The Bertz CT molecular complexity index is 135. The molecule has 13 heavy (non-hydrogen) atoms. The molecule has 0 aliphatic rings. The second-order valence-electron chi connectivity index (χ2n) is 3.76. The molecule has 0 heterocycles. The van der Waals surface area contributed by atoms with Crippen LogP contribution in [0.5, 0.6) is 0 Å². The molecule has 78 valence electrons. The SMILES string of the molecule is CC(C)CCCCCCOC(N)=O. The lowest BCUT2D eigenvalue weighted by molar-refractivity contribution is 0.154. The van der Waals surface area contributed by atoms with Crippen LogP contribution in [0, 0.1) is 5.92 Å². The molecule has 0 atom stereocenters. The third-order valence-corrected chi connectivity index (χ3v) is 1.92. The summed E-state index contributed by atoms with van der Waals surface area (Å²) in [7, 11) is 0. The van der Waals surface area contributed by atoms with Gasteiger partial charge < -0.3 is 10.5 Å². The molecule has 0 fully saturated rings. The number of amides is 1. The topological polar surface area (TPSA) is 52.3 Å². The molecule has 3 heteroatoms. The van der Waals surface area contributed by atoms with E-state index in [2.05, 4.69) is 18.6 Å². The van der Waals surface area contributed by atoms with E-state index in [4.69, 9.17) is 5.73 Å². The van der Waals surface area contributed by atoms with E-state index in [-0.39, 0.29) is 0 Å². The van der Waals surface area contributed by atoms with Crippen LogP contribution < -0.4 is 5.73 Å². The number of hydrogen-bond donors (Lipinski definition) is 1. The van der Waals surface area contributed by atoms with Crippen molar-refractivity contribution in [2.45, 2.75) is 46.0 Å². The average molecular weight is 187 g/mol. The molecule has 3 nitrogen and oxygen atoms in total. The van der Waals surface area contributed by atoms with Gasteiger partial charge in [-0.05, 0) is 12.3 Å². The van der Waals surface area contributed by atoms with E-state index in [1.165, 1.54) is 19.3 Å². The van der Waals surface area contributed by atoms with Crippen LogP contribution in [-0.4, -0.2) is 12.7 Å². The fraction of sp³-hybridized carbons (Fsp3) is 0.900. The normalized spacial score (nSPS) is 10.4. The molecule has 0 aromatic heterocycles. The number of ether oxygens (including phenoxy) is 1. The summed E-state index contributed by atoms with van der Waals surface area (Å²) in [4.78, 5) is 10.2. The van der Waals surface area contributed by atoms with Crippen molar-refractivity contribution in [3.05, 3.63) is 0 Å². The first kappa shape index (κ1) is 12.3. The summed E-state index contributed by atoms with van der Waals surface area (Å²) >= 11 is 0. The van der Waals surface area contributed by atoms with Crippen LogP contribution in [0.1, 0.15) is 46.0 Å². The molecule has 0 aromatic carbocycles. The molecule has 0 saturated heterocycles. The van der Waals surface area contributed by atoms with Gasteiger partial charge in [0.2, 0.25) is 0 Å². The molecule has 0 unspecified atom stereocenters. The molecular formula is C10H21NO2. The molecule has 0 aromatic rings. The number of carbonyl (C=O) groups is 1. The van der Waals surface area contributed by atoms with Crippen LogP contribution in [0.15, 0.2) is 0 Å². The zero-order chi connectivity index (χ0) is 10.1. The van der Waals surface area contributed by atoms with E-state index >= 15 is 0 Å². The average Bonchev–Trinajstić information content (AvgIpc) is 2.01. The summed E-state index contributed by atoms with van der Waals surface area (Å²) in [6.45, 7) is 4.93. The zero-order valence-corrected chi connectivity index (χ0v) is 8.71. The van der Waals surface area contributed by atoms with Gasteiger partial charge in [0.05, 0.1) is 6.61 Å². The number of nitrogens with two attached hydrogens (primary N) is 1. The number of hydrogen-bond acceptors (Lipinski definition) is 2. The van der Waals surface area contributed by atoms with Gasteiger partial charge in [0.25, 0.3) is 0 Å². The van der Waals surface area contributed by atoms with Crippen molar-refractivity contribution in [2.24, 2.45) is 11.7 Å². The molecule has 0 spiro atoms. The van der Waals surface area contributed by atoms with Gasteiger partial charge in [-0.1, -0.05) is 39.5 Å². The zero-order valence-electron chi connectivity index (χ0n) is 8.71. The highest BCUT2D eigenvalue weighted by Crippen LogP contribution is 2.09. The minimum absolute atomic E-state index is 0.469. The summed E-state index contributed by atoms with van der Waals surface area (Å²) in [5.41, 5.74) is 4.81. The van der Waals surface area contributed by atoms with E-state index in [9.17, 15) is 4.79 Å². The van der Waals surface area contributed by atoms with Crippen LogP contribution >= 0.6 is 0 Å². The van der Waals surface area contributed by atoms with Gasteiger partial charge in [0.1, 0.15) is 0 Å².